The van der Waals surface area contributed by atoms with E-state index >= 15 is 0 Å². The highest BCUT2D eigenvalue weighted by molar-refractivity contribution is 5.34. The number of benzene rings is 2. The first-order valence-corrected chi connectivity index (χ1v) is 11.3. The van der Waals surface area contributed by atoms with Crippen molar-refractivity contribution in [1.82, 2.24) is 0 Å². The summed E-state index contributed by atoms with van der Waals surface area (Å²) in [5, 5.41) is 0. The van der Waals surface area contributed by atoms with Crippen molar-refractivity contribution in [1.29, 1.82) is 0 Å². The molecule has 0 atom stereocenters. The Balaban J connectivity index is 1.54. The topological polar surface area (TPSA) is 27.7 Å². The molecule has 0 aliphatic rings. The summed E-state index contributed by atoms with van der Waals surface area (Å²) in [4.78, 5) is 0. The fourth-order valence-electron chi connectivity index (χ4n) is 3.27. The third kappa shape index (κ3) is 9.36. The fourth-order valence-corrected chi connectivity index (χ4v) is 3.27. The molecule has 0 fully saturated rings. The van der Waals surface area contributed by atoms with Crippen LogP contribution in [0.1, 0.15) is 63.5 Å². The lowest BCUT2D eigenvalue weighted by Crippen LogP contribution is -2.02. The van der Waals surface area contributed by atoms with Gasteiger partial charge in [0.1, 0.15) is 11.5 Å². The number of unbranched alkanes of at least 4 members (excludes halogenated alkanes) is 2. The van der Waals surface area contributed by atoms with E-state index in [2.05, 4.69) is 50.2 Å². The first kappa shape index (κ1) is 23.3. The third-order valence-corrected chi connectivity index (χ3v) is 4.84. The zero-order valence-corrected chi connectivity index (χ0v) is 18.3. The van der Waals surface area contributed by atoms with E-state index in [-0.39, 0.29) is 0 Å². The normalized spacial score (nSPS) is 10.8. The second-order valence-corrected chi connectivity index (χ2v) is 7.44. The molecule has 0 aliphatic carbocycles. The second kappa shape index (κ2) is 14.9. The maximum Gasteiger partial charge on any atom is 0.122 e. The van der Waals surface area contributed by atoms with Crippen molar-refractivity contribution in [2.45, 2.75) is 65.2 Å². The van der Waals surface area contributed by atoms with Crippen LogP contribution < -0.4 is 9.47 Å². The number of hydrogen-bond donors (Lipinski definition) is 0. The van der Waals surface area contributed by atoms with Crippen LogP contribution >= 0.6 is 0 Å². The first-order valence-electron chi connectivity index (χ1n) is 11.3. The molecule has 0 aliphatic heterocycles. The average molecular weight is 399 g/mol. The van der Waals surface area contributed by atoms with Gasteiger partial charge in [-0.25, -0.2) is 0 Å². The lowest BCUT2D eigenvalue weighted by molar-refractivity contribution is 0.126. The van der Waals surface area contributed by atoms with Crippen LogP contribution in [0.25, 0.3) is 0 Å². The predicted molar refractivity (Wildman–Crippen MR) is 121 cm³/mol. The van der Waals surface area contributed by atoms with Crippen LogP contribution in [0.5, 0.6) is 11.5 Å². The van der Waals surface area contributed by atoms with Gasteiger partial charge >= 0.3 is 0 Å². The molecule has 29 heavy (non-hydrogen) atoms. The zero-order chi connectivity index (χ0) is 20.6. The van der Waals surface area contributed by atoms with Crippen LogP contribution in [0.3, 0.4) is 0 Å². The molecule has 0 N–H and O–H groups in total. The molecule has 160 valence electrons. The molecule has 0 amide bonds. The van der Waals surface area contributed by atoms with Gasteiger partial charge < -0.3 is 14.2 Å². The number of hydrogen-bond acceptors (Lipinski definition) is 3. The number of aryl methyl sites for hydroxylation is 2. The van der Waals surface area contributed by atoms with Crippen molar-refractivity contribution < 1.29 is 14.2 Å². The number of para-hydroxylation sites is 2. The van der Waals surface area contributed by atoms with Gasteiger partial charge in [-0.05, 0) is 74.6 Å². The molecule has 2 aromatic carbocycles. The maximum absolute atomic E-state index is 5.84. The van der Waals surface area contributed by atoms with Gasteiger partial charge in [0.2, 0.25) is 0 Å². The van der Waals surface area contributed by atoms with E-state index in [1.54, 1.807) is 0 Å². The van der Waals surface area contributed by atoms with Gasteiger partial charge in [-0.15, -0.1) is 0 Å². The largest absolute Gasteiger partial charge is 0.493 e. The Morgan fingerprint density at radius 2 is 1.00 bits per heavy atom. The van der Waals surface area contributed by atoms with E-state index in [0.717, 1.165) is 89.3 Å². The summed E-state index contributed by atoms with van der Waals surface area (Å²) in [7, 11) is 0. The lowest BCUT2D eigenvalue weighted by atomic mass is 10.1. The Labute approximate surface area is 177 Å². The van der Waals surface area contributed by atoms with E-state index in [0.29, 0.717) is 0 Å². The molecule has 0 saturated heterocycles. The zero-order valence-electron chi connectivity index (χ0n) is 18.3. The molecule has 2 rings (SSSR count). The Hall–Kier alpha value is -2.00. The van der Waals surface area contributed by atoms with Crippen LogP contribution in [-0.4, -0.2) is 26.4 Å². The molecule has 0 bridgehead atoms. The Kier molecular flexibility index (Phi) is 12.0. The van der Waals surface area contributed by atoms with Crippen LogP contribution in [0.2, 0.25) is 0 Å². The summed E-state index contributed by atoms with van der Waals surface area (Å²) in [6.07, 6.45) is 8.64. The quantitative estimate of drug-likeness (QED) is 0.297. The summed E-state index contributed by atoms with van der Waals surface area (Å²) in [6.45, 7) is 7.53. The highest BCUT2D eigenvalue weighted by atomic mass is 16.5. The molecule has 2 aromatic rings. The Morgan fingerprint density at radius 3 is 1.45 bits per heavy atom. The molecule has 3 nitrogen and oxygen atoms in total. The van der Waals surface area contributed by atoms with E-state index in [9.17, 15) is 0 Å². The van der Waals surface area contributed by atoms with Crippen LogP contribution in [0.15, 0.2) is 48.5 Å². The fraction of sp³-hybridized carbons (Fsp3) is 0.538. The summed E-state index contributed by atoms with van der Waals surface area (Å²) in [5.41, 5.74) is 2.62. The van der Waals surface area contributed by atoms with Crippen molar-refractivity contribution >= 4 is 0 Å². The van der Waals surface area contributed by atoms with Gasteiger partial charge in [-0.1, -0.05) is 50.2 Å². The highest BCUT2D eigenvalue weighted by Crippen LogP contribution is 2.21. The summed E-state index contributed by atoms with van der Waals surface area (Å²) in [6, 6.07) is 16.8. The predicted octanol–water partition coefficient (Wildman–Crippen LogP) is 6.63. The van der Waals surface area contributed by atoms with E-state index in [1.807, 2.05) is 12.1 Å². The molecule has 0 saturated carbocycles. The van der Waals surface area contributed by atoms with Gasteiger partial charge in [-0.3, -0.25) is 0 Å². The molecule has 0 unspecified atom stereocenters. The van der Waals surface area contributed by atoms with Gasteiger partial charge in [0.25, 0.3) is 0 Å². The van der Waals surface area contributed by atoms with Crippen molar-refractivity contribution in [3.63, 3.8) is 0 Å². The van der Waals surface area contributed by atoms with E-state index < -0.39 is 0 Å². The van der Waals surface area contributed by atoms with E-state index in [4.69, 9.17) is 14.2 Å². The van der Waals surface area contributed by atoms with Gasteiger partial charge in [-0.2, -0.15) is 0 Å². The Morgan fingerprint density at radius 1 is 0.552 bits per heavy atom. The molecule has 0 radical (unpaired) electrons. The smallest absolute Gasteiger partial charge is 0.122 e. The number of rotatable bonds is 16. The third-order valence-electron chi connectivity index (χ3n) is 4.84. The summed E-state index contributed by atoms with van der Waals surface area (Å²) >= 11 is 0. The maximum atomic E-state index is 5.84. The minimum absolute atomic E-state index is 0.787. The monoisotopic (exact) mass is 398 g/mol. The number of ether oxygens (including phenoxy) is 3. The Bertz CT molecular complexity index is 611. The van der Waals surface area contributed by atoms with E-state index in [1.165, 1.54) is 11.1 Å². The van der Waals surface area contributed by atoms with Crippen molar-refractivity contribution in [3.8, 4) is 11.5 Å². The lowest BCUT2D eigenvalue weighted by Gasteiger charge is -2.11. The van der Waals surface area contributed by atoms with Crippen LogP contribution in [0.4, 0.5) is 0 Å². The first-order chi connectivity index (χ1) is 14.3. The van der Waals surface area contributed by atoms with Crippen LogP contribution in [-0.2, 0) is 17.6 Å². The summed E-state index contributed by atoms with van der Waals surface area (Å²) in [5.74, 6) is 2.08. The SMILES string of the molecule is CCCOc1ccccc1CCCCOCCCCc1ccccc1OCCC. The molecule has 0 aromatic heterocycles. The highest BCUT2D eigenvalue weighted by Gasteiger charge is 2.04. The molecular formula is C26H38O3. The van der Waals surface area contributed by atoms with Crippen molar-refractivity contribution in [2.75, 3.05) is 26.4 Å². The van der Waals surface area contributed by atoms with Gasteiger partial charge in [0, 0.05) is 13.2 Å². The van der Waals surface area contributed by atoms with Gasteiger partial charge in [0.05, 0.1) is 13.2 Å². The molecular weight excluding hydrogens is 360 g/mol. The second-order valence-electron chi connectivity index (χ2n) is 7.44. The molecule has 0 heterocycles. The molecule has 0 spiro atoms. The molecule has 3 heteroatoms. The van der Waals surface area contributed by atoms with Crippen molar-refractivity contribution in [2.24, 2.45) is 0 Å². The average Bonchev–Trinajstić information content (AvgIpc) is 2.76. The minimum Gasteiger partial charge on any atom is -0.493 e. The minimum atomic E-state index is 0.787. The summed E-state index contributed by atoms with van der Waals surface area (Å²) < 4.78 is 17.5. The van der Waals surface area contributed by atoms with Crippen molar-refractivity contribution in [3.05, 3.63) is 59.7 Å². The standard InChI is InChI=1S/C26H38O3/c1-3-19-28-25-17-7-5-13-23(25)15-9-11-21-27-22-12-10-16-24-14-6-8-18-26(24)29-20-4-2/h5-8,13-14,17-18H,3-4,9-12,15-16,19-22H2,1-2H3. The van der Waals surface area contributed by atoms with Crippen LogP contribution in [0, 0.1) is 0 Å². The van der Waals surface area contributed by atoms with Gasteiger partial charge in [0.15, 0.2) is 0 Å².